The fourth-order valence-electron chi connectivity index (χ4n) is 3.41. The number of carbonyl (C=O) groups is 1. The predicted molar refractivity (Wildman–Crippen MR) is 100 cm³/mol. The summed E-state index contributed by atoms with van der Waals surface area (Å²) in [5.41, 5.74) is 0. The first-order valence-electron chi connectivity index (χ1n) is 8.34. The molecule has 0 aliphatic carbocycles. The highest BCUT2D eigenvalue weighted by atomic mass is 35.5. The molecule has 2 fully saturated rings. The molecular formula is C16H27Cl2N5O. The maximum absolute atomic E-state index is 12.0. The molecule has 2 aliphatic heterocycles. The molecule has 3 rings (SSSR count). The fraction of sp³-hybridized carbons (Fsp3) is 0.688. The van der Waals surface area contributed by atoms with E-state index in [-0.39, 0.29) is 30.7 Å². The Morgan fingerprint density at radius 3 is 2.96 bits per heavy atom. The van der Waals surface area contributed by atoms with Crippen LogP contribution in [0.1, 0.15) is 32.1 Å². The van der Waals surface area contributed by atoms with Crippen LogP contribution in [0.15, 0.2) is 18.3 Å². The zero-order valence-electron chi connectivity index (χ0n) is 13.8. The zero-order valence-corrected chi connectivity index (χ0v) is 15.5. The number of hydrogen-bond donors (Lipinski definition) is 2. The van der Waals surface area contributed by atoms with E-state index in [1.165, 1.54) is 6.42 Å². The minimum absolute atomic E-state index is 0. The van der Waals surface area contributed by atoms with Gasteiger partial charge in [-0.2, -0.15) is 5.10 Å². The number of aromatic nitrogens is 2. The van der Waals surface area contributed by atoms with Crippen molar-refractivity contribution in [2.75, 3.05) is 31.1 Å². The summed E-state index contributed by atoms with van der Waals surface area (Å²) in [6.45, 7) is 3.86. The van der Waals surface area contributed by atoms with Gasteiger partial charge in [0, 0.05) is 31.7 Å². The topological polar surface area (TPSA) is 70.2 Å². The first-order chi connectivity index (χ1) is 10.8. The van der Waals surface area contributed by atoms with E-state index >= 15 is 0 Å². The summed E-state index contributed by atoms with van der Waals surface area (Å²) in [5.74, 6) is 1.77. The van der Waals surface area contributed by atoms with Gasteiger partial charge in [-0.15, -0.1) is 29.9 Å². The van der Waals surface area contributed by atoms with E-state index in [0.717, 1.165) is 44.7 Å². The van der Waals surface area contributed by atoms with Gasteiger partial charge in [0.15, 0.2) is 5.82 Å². The molecule has 24 heavy (non-hydrogen) atoms. The molecule has 0 radical (unpaired) electrons. The summed E-state index contributed by atoms with van der Waals surface area (Å²) < 4.78 is 0. The number of halogens is 2. The minimum Gasteiger partial charge on any atom is -0.354 e. The molecule has 1 amide bonds. The molecule has 0 saturated carbocycles. The van der Waals surface area contributed by atoms with Crippen molar-refractivity contribution in [3.8, 4) is 0 Å². The van der Waals surface area contributed by atoms with E-state index in [1.807, 2.05) is 12.1 Å². The SMILES string of the molecule is Cl.Cl.O=C(CCC1CCNC1)NCC1CCCN1c1cccnn1. The number of carbonyl (C=O) groups excluding carboxylic acids is 1. The lowest BCUT2D eigenvalue weighted by Crippen LogP contribution is -2.40. The van der Waals surface area contributed by atoms with Gasteiger partial charge in [0.1, 0.15) is 0 Å². The number of amides is 1. The summed E-state index contributed by atoms with van der Waals surface area (Å²) in [6.07, 6.45) is 6.78. The number of anilines is 1. The van der Waals surface area contributed by atoms with E-state index in [2.05, 4.69) is 25.7 Å². The lowest BCUT2D eigenvalue weighted by atomic mass is 10.0. The summed E-state index contributed by atoms with van der Waals surface area (Å²) in [4.78, 5) is 14.3. The molecule has 8 heteroatoms. The van der Waals surface area contributed by atoms with Gasteiger partial charge >= 0.3 is 0 Å². The van der Waals surface area contributed by atoms with Crippen molar-refractivity contribution in [1.82, 2.24) is 20.8 Å². The van der Waals surface area contributed by atoms with Gasteiger partial charge in [-0.3, -0.25) is 4.79 Å². The van der Waals surface area contributed by atoms with Gasteiger partial charge in [-0.05, 0) is 56.8 Å². The molecular weight excluding hydrogens is 349 g/mol. The molecule has 6 nitrogen and oxygen atoms in total. The van der Waals surface area contributed by atoms with Crippen molar-refractivity contribution in [3.05, 3.63) is 18.3 Å². The van der Waals surface area contributed by atoms with E-state index in [9.17, 15) is 4.79 Å². The second-order valence-electron chi connectivity index (χ2n) is 6.27. The number of rotatable bonds is 6. The molecule has 2 saturated heterocycles. The number of nitrogens with zero attached hydrogens (tertiary/aromatic N) is 3. The Kier molecular flexibility index (Phi) is 9.33. The van der Waals surface area contributed by atoms with Crippen molar-refractivity contribution in [3.63, 3.8) is 0 Å². The molecule has 136 valence electrons. The van der Waals surface area contributed by atoms with Crippen LogP contribution in [0.5, 0.6) is 0 Å². The third-order valence-corrected chi connectivity index (χ3v) is 4.71. The summed E-state index contributed by atoms with van der Waals surface area (Å²) >= 11 is 0. The van der Waals surface area contributed by atoms with E-state index in [0.29, 0.717) is 24.9 Å². The van der Waals surface area contributed by atoms with Crippen LogP contribution in [0.3, 0.4) is 0 Å². The van der Waals surface area contributed by atoms with Crippen LogP contribution in [0.4, 0.5) is 5.82 Å². The first-order valence-corrected chi connectivity index (χ1v) is 8.34. The summed E-state index contributed by atoms with van der Waals surface area (Å²) in [6, 6.07) is 4.24. The molecule has 0 bridgehead atoms. The lowest BCUT2D eigenvalue weighted by Gasteiger charge is -2.25. The molecule has 0 aromatic carbocycles. The first kappa shape index (κ1) is 20.9. The summed E-state index contributed by atoms with van der Waals surface area (Å²) in [7, 11) is 0. The Labute approximate surface area is 156 Å². The van der Waals surface area contributed by atoms with Gasteiger partial charge in [-0.1, -0.05) is 0 Å². The van der Waals surface area contributed by atoms with Crippen molar-refractivity contribution in [1.29, 1.82) is 0 Å². The normalized spacial score (nSPS) is 22.6. The Morgan fingerprint density at radius 2 is 2.25 bits per heavy atom. The molecule has 1 aromatic heterocycles. The lowest BCUT2D eigenvalue weighted by molar-refractivity contribution is -0.121. The van der Waals surface area contributed by atoms with Gasteiger partial charge in [-0.25, -0.2) is 0 Å². The van der Waals surface area contributed by atoms with Crippen molar-refractivity contribution in [2.45, 2.75) is 38.1 Å². The molecule has 3 heterocycles. The predicted octanol–water partition coefficient (Wildman–Crippen LogP) is 1.79. The maximum Gasteiger partial charge on any atom is 0.220 e. The molecule has 2 atom stereocenters. The Bertz CT molecular complexity index is 485. The average Bonchev–Trinajstić information content (AvgIpc) is 3.23. The van der Waals surface area contributed by atoms with Crippen LogP contribution < -0.4 is 15.5 Å². The van der Waals surface area contributed by atoms with Crippen molar-refractivity contribution < 1.29 is 4.79 Å². The molecule has 2 N–H and O–H groups in total. The van der Waals surface area contributed by atoms with Gasteiger partial charge in [0.05, 0.1) is 0 Å². The Hall–Kier alpha value is -1.11. The Balaban J connectivity index is 0.00000144. The monoisotopic (exact) mass is 375 g/mol. The van der Waals surface area contributed by atoms with E-state index in [1.54, 1.807) is 6.20 Å². The highest BCUT2D eigenvalue weighted by molar-refractivity contribution is 5.85. The third kappa shape index (κ3) is 5.76. The largest absolute Gasteiger partial charge is 0.354 e. The van der Waals surface area contributed by atoms with Crippen LogP contribution in [0.25, 0.3) is 0 Å². The van der Waals surface area contributed by atoms with Crippen LogP contribution in [0.2, 0.25) is 0 Å². The smallest absolute Gasteiger partial charge is 0.220 e. The molecule has 0 spiro atoms. The maximum atomic E-state index is 12.0. The Morgan fingerprint density at radius 1 is 1.38 bits per heavy atom. The minimum atomic E-state index is 0. The quantitative estimate of drug-likeness (QED) is 0.792. The second-order valence-corrected chi connectivity index (χ2v) is 6.27. The van der Waals surface area contributed by atoms with E-state index in [4.69, 9.17) is 0 Å². The van der Waals surface area contributed by atoms with Gasteiger partial charge < -0.3 is 15.5 Å². The zero-order chi connectivity index (χ0) is 15.2. The van der Waals surface area contributed by atoms with Gasteiger partial charge in [0.2, 0.25) is 5.91 Å². The van der Waals surface area contributed by atoms with E-state index < -0.39 is 0 Å². The standard InChI is InChI=1S/C16H25N5O.2ClH/c22-16(6-5-13-7-9-17-11-13)18-12-14-3-2-10-21(14)15-4-1-8-19-20-15;;/h1,4,8,13-14,17H,2-3,5-7,9-12H2,(H,18,22);2*1H. The highest BCUT2D eigenvalue weighted by Crippen LogP contribution is 2.22. The molecule has 1 aromatic rings. The van der Waals surface area contributed by atoms with Crippen molar-refractivity contribution in [2.24, 2.45) is 5.92 Å². The van der Waals surface area contributed by atoms with Crippen LogP contribution in [-0.4, -0.2) is 48.3 Å². The van der Waals surface area contributed by atoms with Crippen molar-refractivity contribution >= 4 is 36.5 Å². The summed E-state index contributed by atoms with van der Waals surface area (Å²) in [5, 5.41) is 14.6. The second kappa shape index (κ2) is 10.7. The van der Waals surface area contributed by atoms with Gasteiger partial charge in [0.25, 0.3) is 0 Å². The van der Waals surface area contributed by atoms with Crippen LogP contribution in [-0.2, 0) is 4.79 Å². The highest BCUT2D eigenvalue weighted by Gasteiger charge is 2.26. The molecule has 2 unspecified atom stereocenters. The number of hydrogen-bond acceptors (Lipinski definition) is 5. The average molecular weight is 376 g/mol. The van der Waals surface area contributed by atoms with Crippen LogP contribution >= 0.6 is 24.8 Å². The third-order valence-electron chi connectivity index (χ3n) is 4.71. The van der Waals surface area contributed by atoms with Crippen LogP contribution in [0, 0.1) is 5.92 Å². The fourth-order valence-corrected chi connectivity index (χ4v) is 3.41. The molecule has 2 aliphatic rings. The number of nitrogens with one attached hydrogen (secondary N) is 2.